The van der Waals surface area contributed by atoms with Crippen LogP contribution in [-0.2, 0) is 4.84 Å². The maximum Gasteiger partial charge on any atom is 0.268 e. The Kier molecular flexibility index (Phi) is 8.53. The fourth-order valence-electron chi connectivity index (χ4n) is 2.37. The largest absolute Gasteiger partial charge is 0.466 e. The predicted octanol–water partition coefficient (Wildman–Crippen LogP) is 0.157. The smallest absolute Gasteiger partial charge is 0.268 e. The van der Waals surface area contributed by atoms with Crippen LogP contribution in [0.5, 0.6) is 0 Å². The number of carboxylic acid groups (broad SMARTS) is 1. The highest BCUT2D eigenvalue weighted by Gasteiger charge is 2.07. The maximum atomic E-state index is 10.0. The Hall–Kier alpha value is -0.850. The third-order valence-corrected chi connectivity index (χ3v) is 3.47. The van der Waals surface area contributed by atoms with E-state index in [1.165, 1.54) is 43.8 Å². The molecule has 0 radical (unpaired) electrons. The molecule has 2 fully saturated rings. The van der Waals surface area contributed by atoms with E-state index in [0.717, 1.165) is 25.7 Å². The van der Waals surface area contributed by atoms with Crippen LogP contribution in [0.4, 0.5) is 4.79 Å². The number of hydrogen-bond acceptors (Lipinski definition) is 5. The number of carbonyl (C=O) groups is 1. The van der Waals surface area contributed by atoms with Crippen molar-refractivity contribution in [2.45, 2.75) is 51.4 Å². The number of carbonyl (C=O) groups excluding carboxylic acids is 1. The third kappa shape index (κ3) is 8.80. The lowest BCUT2D eigenvalue weighted by Crippen LogP contribution is -2.67. The maximum absolute atomic E-state index is 10.0. The van der Waals surface area contributed by atoms with E-state index in [9.17, 15) is 9.90 Å². The van der Waals surface area contributed by atoms with Crippen molar-refractivity contribution >= 4 is 6.16 Å². The van der Waals surface area contributed by atoms with Crippen molar-refractivity contribution in [3.63, 3.8) is 0 Å². The van der Waals surface area contributed by atoms with E-state index in [4.69, 9.17) is 0 Å². The molecule has 2 aliphatic rings. The van der Waals surface area contributed by atoms with Crippen LogP contribution in [0, 0.1) is 0 Å². The zero-order valence-electron chi connectivity index (χ0n) is 11.8. The summed E-state index contributed by atoms with van der Waals surface area (Å²) in [5.41, 5.74) is 0. The van der Waals surface area contributed by atoms with Crippen LogP contribution in [0.25, 0.3) is 0 Å². The predicted molar refractivity (Wildman–Crippen MR) is 69.5 cm³/mol. The van der Waals surface area contributed by atoms with E-state index in [1.807, 2.05) is 0 Å². The minimum absolute atomic E-state index is 0.702. The molecule has 19 heavy (non-hydrogen) atoms. The van der Waals surface area contributed by atoms with E-state index >= 15 is 0 Å². The average molecular weight is 273 g/mol. The van der Waals surface area contributed by atoms with Gasteiger partial charge in [0.25, 0.3) is 6.16 Å². The fraction of sp³-hybridized carbons (Fsp3) is 0.923. The standard InChI is InChI=1S/C7H13NO3.C6H14N2/c9-7(10)11-8-5-3-1-2-4-6-8;7-8-5-3-1-2-4-6-8/h1-6H2,(H,9,10);1-7H2. The minimum atomic E-state index is -1.45. The Morgan fingerprint density at radius 1 is 0.842 bits per heavy atom. The van der Waals surface area contributed by atoms with Gasteiger partial charge in [-0.25, -0.2) is 5.06 Å². The van der Waals surface area contributed by atoms with Gasteiger partial charge in [0.2, 0.25) is 0 Å². The normalized spacial score (nSPS) is 22.6. The van der Waals surface area contributed by atoms with E-state index in [2.05, 4.69) is 15.7 Å². The number of nitrogens with zero attached hydrogens (tertiary/aromatic N) is 2. The summed E-state index contributed by atoms with van der Waals surface area (Å²) in [5, 5.41) is 13.6. The van der Waals surface area contributed by atoms with Gasteiger partial charge in [0.1, 0.15) is 0 Å². The molecule has 2 saturated heterocycles. The van der Waals surface area contributed by atoms with Gasteiger partial charge in [-0.05, 0) is 25.7 Å². The lowest BCUT2D eigenvalue weighted by atomic mass is 10.2. The molecular formula is C13H27N3O3. The quantitative estimate of drug-likeness (QED) is 0.735. The first-order chi connectivity index (χ1) is 9.18. The lowest BCUT2D eigenvalue weighted by Gasteiger charge is -2.23. The average Bonchev–Trinajstić information content (AvgIpc) is 2.74. The summed E-state index contributed by atoms with van der Waals surface area (Å²) in [7, 11) is 0. The molecule has 0 atom stereocenters. The molecular weight excluding hydrogens is 246 g/mol. The van der Waals surface area contributed by atoms with Crippen LogP contribution in [-0.4, -0.2) is 42.4 Å². The molecule has 2 heterocycles. The highest BCUT2D eigenvalue weighted by atomic mass is 16.8. The third-order valence-electron chi connectivity index (χ3n) is 3.47. The van der Waals surface area contributed by atoms with Gasteiger partial charge in [-0.1, -0.05) is 25.7 Å². The molecule has 2 rings (SSSR count). The Balaban J connectivity index is 0.000000200. The monoisotopic (exact) mass is 273 g/mol. The van der Waals surface area contributed by atoms with Crippen molar-refractivity contribution in [1.82, 2.24) is 10.1 Å². The van der Waals surface area contributed by atoms with Gasteiger partial charge in [0.15, 0.2) is 0 Å². The van der Waals surface area contributed by atoms with Crippen molar-refractivity contribution in [3.8, 4) is 0 Å². The summed E-state index contributed by atoms with van der Waals surface area (Å²) >= 11 is 0. The Bertz CT molecular complexity index is 235. The molecule has 0 aromatic heterocycles. The second-order valence-electron chi connectivity index (χ2n) is 5.22. The SMILES string of the molecule is O=C([O-])ON1CCCCCC1.[NH3+]N1CCCCCC1. The first-order valence-corrected chi connectivity index (χ1v) is 7.38. The first-order valence-electron chi connectivity index (χ1n) is 7.38. The molecule has 0 aliphatic carbocycles. The van der Waals surface area contributed by atoms with Crippen LogP contribution in [0.3, 0.4) is 0 Å². The topological polar surface area (TPSA) is 83.5 Å². The molecule has 2 aliphatic heterocycles. The molecule has 3 N–H and O–H groups in total. The fourth-order valence-corrected chi connectivity index (χ4v) is 2.37. The van der Waals surface area contributed by atoms with Crippen LogP contribution < -0.4 is 10.9 Å². The second-order valence-corrected chi connectivity index (χ2v) is 5.22. The number of hydrogen-bond donors (Lipinski definition) is 1. The van der Waals surface area contributed by atoms with Crippen LogP contribution in [0.15, 0.2) is 0 Å². The molecule has 112 valence electrons. The van der Waals surface area contributed by atoms with Crippen molar-refractivity contribution in [3.05, 3.63) is 0 Å². The summed E-state index contributed by atoms with van der Waals surface area (Å²) in [6.45, 7) is 3.82. The van der Waals surface area contributed by atoms with Gasteiger partial charge in [-0.2, -0.15) is 5.01 Å². The first kappa shape index (κ1) is 16.2. The Morgan fingerprint density at radius 3 is 1.68 bits per heavy atom. The molecule has 0 amide bonds. The highest BCUT2D eigenvalue weighted by Crippen LogP contribution is 2.09. The second kappa shape index (κ2) is 10.00. The molecule has 6 nitrogen and oxygen atoms in total. The van der Waals surface area contributed by atoms with Gasteiger partial charge in [0, 0.05) is 26.2 Å². The molecule has 0 aromatic rings. The summed E-state index contributed by atoms with van der Waals surface area (Å²) in [5.74, 6) is 3.89. The Labute approximate surface area is 115 Å². The zero-order valence-corrected chi connectivity index (χ0v) is 11.8. The van der Waals surface area contributed by atoms with Crippen molar-refractivity contribution < 1.29 is 20.6 Å². The number of rotatable bonds is 1. The molecule has 0 saturated carbocycles. The van der Waals surface area contributed by atoms with Gasteiger partial charge >= 0.3 is 0 Å². The summed E-state index contributed by atoms with van der Waals surface area (Å²) in [6.07, 6.45) is 8.40. The van der Waals surface area contributed by atoms with Crippen molar-refractivity contribution in [2.24, 2.45) is 0 Å². The molecule has 6 heteroatoms. The summed E-state index contributed by atoms with van der Waals surface area (Å²) < 4.78 is 0. The van der Waals surface area contributed by atoms with Gasteiger partial charge in [-0.3, -0.25) is 5.84 Å². The molecule has 0 bridgehead atoms. The van der Waals surface area contributed by atoms with Crippen molar-refractivity contribution in [2.75, 3.05) is 26.2 Å². The van der Waals surface area contributed by atoms with E-state index < -0.39 is 6.16 Å². The number of hydroxylamine groups is 2. The lowest BCUT2D eigenvalue weighted by molar-refractivity contribution is -0.574. The number of quaternary nitrogens is 1. The van der Waals surface area contributed by atoms with E-state index in [-0.39, 0.29) is 0 Å². The summed E-state index contributed by atoms with van der Waals surface area (Å²) in [4.78, 5) is 14.4. The molecule has 0 aromatic carbocycles. The van der Waals surface area contributed by atoms with Crippen LogP contribution in [0.1, 0.15) is 51.4 Å². The summed E-state index contributed by atoms with van der Waals surface area (Å²) in [6, 6.07) is 0. The van der Waals surface area contributed by atoms with Gasteiger partial charge in [-0.15, -0.1) is 0 Å². The van der Waals surface area contributed by atoms with Gasteiger partial charge in [0.05, 0.1) is 0 Å². The van der Waals surface area contributed by atoms with Crippen LogP contribution in [0.2, 0.25) is 0 Å². The molecule has 0 spiro atoms. The van der Waals surface area contributed by atoms with Crippen LogP contribution >= 0.6 is 0 Å². The Morgan fingerprint density at radius 2 is 1.26 bits per heavy atom. The van der Waals surface area contributed by atoms with Gasteiger partial charge < -0.3 is 14.7 Å². The highest BCUT2D eigenvalue weighted by molar-refractivity contribution is 5.53. The van der Waals surface area contributed by atoms with E-state index in [1.54, 1.807) is 0 Å². The minimum Gasteiger partial charge on any atom is -0.466 e. The zero-order chi connectivity index (χ0) is 13.9. The molecule has 0 unspecified atom stereocenters. The van der Waals surface area contributed by atoms with Crippen molar-refractivity contribution in [1.29, 1.82) is 0 Å². The van der Waals surface area contributed by atoms with E-state index in [0.29, 0.717) is 13.1 Å².